The number of aryl methyl sites for hydroxylation is 1. The third kappa shape index (κ3) is 4.10. The average Bonchev–Trinajstić information content (AvgIpc) is 2.36. The highest BCUT2D eigenvalue weighted by atomic mass is 35.5. The number of rotatable bonds is 6. The largest absolute Gasteiger partial charge is 0.465 e. The fourth-order valence-corrected chi connectivity index (χ4v) is 1.85. The summed E-state index contributed by atoms with van der Waals surface area (Å²) in [6.07, 6.45) is 0.595. The molecule has 1 aromatic carbocycles. The SMILES string of the molecule is CCOC(=O)CNc1cc(Cl)c(CC)cc1[N+](=O)[O-]. The zero-order chi connectivity index (χ0) is 14.4. The first-order valence-electron chi connectivity index (χ1n) is 5.85. The molecule has 1 rings (SSSR count). The van der Waals surface area contributed by atoms with Crippen molar-refractivity contribution in [2.75, 3.05) is 18.5 Å². The van der Waals surface area contributed by atoms with E-state index in [0.29, 0.717) is 17.0 Å². The van der Waals surface area contributed by atoms with Gasteiger partial charge in [0.1, 0.15) is 12.2 Å². The molecule has 1 N–H and O–H groups in total. The van der Waals surface area contributed by atoms with Crippen molar-refractivity contribution in [3.8, 4) is 0 Å². The Balaban J connectivity index is 2.95. The Labute approximate surface area is 115 Å². The van der Waals surface area contributed by atoms with Crippen LogP contribution >= 0.6 is 11.6 Å². The number of carbonyl (C=O) groups is 1. The lowest BCUT2D eigenvalue weighted by molar-refractivity contribution is -0.384. The zero-order valence-corrected chi connectivity index (χ0v) is 11.5. The smallest absolute Gasteiger partial charge is 0.325 e. The molecule has 0 radical (unpaired) electrons. The number of nitro benzene ring substituents is 1. The van der Waals surface area contributed by atoms with Gasteiger partial charge in [-0.15, -0.1) is 0 Å². The van der Waals surface area contributed by atoms with Crippen molar-refractivity contribution < 1.29 is 14.5 Å². The molecule has 0 saturated carbocycles. The van der Waals surface area contributed by atoms with Gasteiger partial charge in [-0.25, -0.2) is 0 Å². The van der Waals surface area contributed by atoms with Crippen molar-refractivity contribution in [2.45, 2.75) is 20.3 Å². The van der Waals surface area contributed by atoms with E-state index < -0.39 is 10.9 Å². The van der Waals surface area contributed by atoms with Crippen LogP contribution in [0.25, 0.3) is 0 Å². The number of nitro groups is 1. The minimum absolute atomic E-state index is 0.106. The van der Waals surface area contributed by atoms with Crippen LogP contribution in [0, 0.1) is 10.1 Å². The highest BCUT2D eigenvalue weighted by Crippen LogP contribution is 2.31. The number of nitrogens with zero attached hydrogens (tertiary/aromatic N) is 1. The van der Waals surface area contributed by atoms with Gasteiger partial charge >= 0.3 is 5.97 Å². The lowest BCUT2D eigenvalue weighted by Crippen LogP contribution is -2.17. The lowest BCUT2D eigenvalue weighted by Gasteiger charge is -2.09. The zero-order valence-electron chi connectivity index (χ0n) is 10.7. The fourth-order valence-electron chi connectivity index (χ4n) is 1.55. The standard InChI is InChI=1S/C12H15ClN2O4/c1-3-8-5-11(15(17)18)10(6-9(8)13)14-7-12(16)19-4-2/h5-6,14H,3-4,7H2,1-2H3. The van der Waals surface area contributed by atoms with Crippen LogP contribution in [0.15, 0.2) is 12.1 Å². The van der Waals surface area contributed by atoms with Gasteiger partial charge in [-0.1, -0.05) is 18.5 Å². The Morgan fingerprint density at radius 1 is 1.47 bits per heavy atom. The minimum atomic E-state index is -0.511. The second-order valence-corrected chi connectivity index (χ2v) is 4.14. The normalized spacial score (nSPS) is 10.1. The molecule has 0 heterocycles. The predicted molar refractivity (Wildman–Crippen MR) is 72.6 cm³/mol. The summed E-state index contributed by atoms with van der Waals surface area (Å²) >= 11 is 6.00. The van der Waals surface area contributed by atoms with Gasteiger partial charge in [-0.05, 0) is 25.0 Å². The van der Waals surface area contributed by atoms with E-state index in [1.165, 1.54) is 12.1 Å². The summed E-state index contributed by atoms with van der Waals surface area (Å²) in [7, 11) is 0. The molecule has 7 heteroatoms. The van der Waals surface area contributed by atoms with E-state index in [4.69, 9.17) is 16.3 Å². The van der Waals surface area contributed by atoms with Crippen LogP contribution < -0.4 is 5.32 Å². The summed E-state index contributed by atoms with van der Waals surface area (Å²) in [5.74, 6) is -0.479. The van der Waals surface area contributed by atoms with Crippen LogP contribution in [-0.2, 0) is 16.0 Å². The monoisotopic (exact) mass is 286 g/mol. The Morgan fingerprint density at radius 3 is 2.68 bits per heavy atom. The highest BCUT2D eigenvalue weighted by molar-refractivity contribution is 6.31. The molecule has 0 bridgehead atoms. The Morgan fingerprint density at radius 2 is 2.16 bits per heavy atom. The van der Waals surface area contributed by atoms with E-state index >= 15 is 0 Å². The number of ether oxygens (including phenoxy) is 1. The summed E-state index contributed by atoms with van der Waals surface area (Å²) in [6, 6.07) is 2.87. The van der Waals surface area contributed by atoms with Crippen LogP contribution in [0.1, 0.15) is 19.4 Å². The first-order valence-corrected chi connectivity index (χ1v) is 6.23. The Kier molecular flexibility index (Phi) is 5.57. The number of nitrogens with one attached hydrogen (secondary N) is 1. The first kappa shape index (κ1) is 15.2. The van der Waals surface area contributed by atoms with Crippen LogP contribution in [0.4, 0.5) is 11.4 Å². The molecule has 0 aliphatic heterocycles. The molecule has 0 fully saturated rings. The molecule has 1 aromatic rings. The number of halogens is 1. The average molecular weight is 287 g/mol. The number of carbonyl (C=O) groups excluding carboxylic acids is 1. The van der Waals surface area contributed by atoms with Gasteiger partial charge in [-0.2, -0.15) is 0 Å². The van der Waals surface area contributed by atoms with Crippen LogP contribution in [0.5, 0.6) is 0 Å². The van der Waals surface area contributed by atoms with Crippen LogP contribution in [0.2, 0.25) is 5.02 Å². The molecule has 0 saturated heterocycles. The van der Waals surface area contributed by atoms with Gasteiger partial charge in [0.15, 0.2) is 0 Å². The summed E-state index contributed by atoms with van der Waals surface area (Å²) in [5, 5.41) is 14.1. The van der Waals surface area contributed by atoms with Gasteiger partial charge in [0.25, 0.3) is 5.69 Å². The van der Waals surface area contributed by atoms with E-state index in [9.17, 15) is 14.9 Å². The quantitative estimate of drug-likeness (QED) is 0.494. The molecule has 104 valence electrons. The van der Waals surface area contributed by atoms with Crippen molar-refractivity contribution in [2.24, 2.45) is 0 Å². The van der Waals surface area contributed by atoms with E-state index in [2.05, 4.69) is 5.32 Å². The molecule has 0 atom stereocenters. The minimum Gasteiger partial charge on any atom is -0.465 e. The maximum absolute atomic E-state index is 11.2. The van der Waals surface area contributed by atoms with E-state index in [0.717, 1.165) is 0 Å². The maximum atomic E-state index is 11.2. The summed E-state index contributed by atoms with van der Waals surface area (Å²) in [6.45, 7) is 3.67. The molecule has 19 heavy (non-hydrogen) atoms. The molecule has 0 unspecified atom stereocenters. The fraction of sp³-hybridized carbons (Fsp3) is 0.417. The molecule has 0 spiro atoms. The van der Waals surface area contributed by atoms with Crippen molar-refractivity contribution >= 4 is 28.9 Å². The molecule has 0 aliphatic carbocycles. The third-order valence-corrected chi connectivity index (χ3v) is 2.82. The number of anilines is 1. The van der Waals surface area contributed by atoms with Crippen LogP contribution in [-0.4, -0.2) is 24.0 Å². The second-order valence-electron chi connectivity index (χ2n) is 3.73. The van der Waals surface area contributed by atoms with Crippen molar-refractivity contribution in [3.05, 3.63) is 32.8 Å². The number of hydrogen-bond donors (Lipinski definition) is 1. The Bertz CT molecular complexity index is 491. The summed E-state index contributed by atoms with van der Waals surface area (Å²) in [4.78, 5) is 21.7. The second kappa shape index (κ2) is 6.94. The summed E-state index contributed by atoms with van der Waals surface area (Å²) in [5.41, 5.74) is 0.792. The maximum Gasteiger partial charge on any atom is 0.325 e. The predicted octanol–water partition coefficient (Wildman–Crippen LogP) is 2.79. The summed E-state index contributed by atoms with van der Waals surface area (Å²) < 4.78 is 4.73. The molecule has 0 aliphatic rings. The van der Waals surface area contributed by atoms with Gasteiger partial charge in [0.05, 0.1) is 11.5 Å². The van der Waals surface area contributed by atoms with E-state index in [1.54, 1.807) is 6.92 Å². The molecular formula is C12H15ClN2O4. The molecule has 0 amide bonds. The lowest BCUT2D eigenvalue weighted by atomic mass is 10.1. The van der Waals surface area contributed by atoms with Gasteiger partial charge < -0.3 is 10.1 Å². The number of benzene rings is 1. The van der Waals surface area contributed by atoms with Crippen molar-refractivity contribution in [3.63, 3.8) is 0 Å². The van der Waals surface area contributed by atoms with E-state index in [-0.39, 0.29) is 24.5 Å². The van der Waals surface area contributed by atoms with Crippen LogP contribution in [0.3, 0.4) is 0 Å². The van der Waals surface area contributed by atoms with E-state index in [1.807, 2.05) is 6.92 Å². The number of hydrogen-bond acceptors (Lipinski definition) is 5. The first-order chi connectivity index (χ1) is 8.99. The van der Waals surface area contributed by atoms with Gasteiger partial charge in [-0.3, -0.25) is 14.9 Å². The molecule has 0 aromatic heterocycles. The highest BCUT2D eigenvalue weighted by Gasteiger charge is 2.17. The number of esters is 1. The Hall–Kier alpha value is -1.82. The van der Waals surface area contributed by atoms with Crippen molar-refractivity contribution in [1.82, 2.24) is 0 Å². The third-order valence-electron chi connectivity index (χ3n) is 2.47. The van der Waals surface area contributed by atoms with Gasteiger partial charge in [0, 0.05) is 11.1 Å². The molecular weight excluding hydrogens is 272 g/mol. The topological polar surface area (TPSA) is 81.5 Å². The van der Waals surface area contributed by atoms with Gasteiger partial charge in [0.2, 0.25) is 0 Å². The molecule has 6 nitrogen and oxygen atoms in total. The van der Waals surface area contributed by atoms with Crippen molar-refractivity contribution in [1.29, 1.82) is 0 Å².